The molecule has 4 heteroatoms. The Kier molecular flexibility index (Phi) is 4.42. The van der Waals surface area contributed by atoms with Gasteiger partial charge in [-0.3, -0.25) is 4.79 Å². The molecule has 2 aromatic carbocycles. The number of ether oxygens (including phenoxy) is 1. The second-order valence-corrected chi connectivity index (χ2v) is 4.39. The molecule has 0 fully saturated rings. The Labute approximate surface area is 117 Å². The fourth-order valence-corrected chi connectivity index (χ4v) is 1.95. The largest absolute Gasteiger partial charge is 0.497 e. The number of carbonyl (C=O) groups excluding carboxylic acids is 1. The lowest BCUT2D eigenvalue weighted by molar-refractivity contribution is -0.112. The first-order valence-corrected chi connectivity index (χ1v) is 6.23. The molecule has 0 spiro atoms. The average Bonchev–Trinajstić information content (AvgIpc) is 2.46. The number of methoxy groups -OCH3 is 1. The second kappa shape index (κ2) is 6.25. The van der Waals surface area contributed by atoms with Crippen molar-refractivity contribution in [1.82, 2.24) is 0 Å². The lowest BCUT2D eigenvalue weighted by atomic mass is 10.1. The summed E-state index contributed by atoms with van der Waals surface area (Å²) >= 11 is 5.67. The minimum Gasteiger partial charge on any atom is -0.497 e. The average molecular weight is 276 g/mol. The van der Waals surface area contributed by atoms with Gasteiger partial charge in [-0.15, -0.1) is 0 Å². The van der Waals surface area contributed by atoms with Crippen LogP contribution in [0.1, 0.15) is 11.6 Å². The number of hydrogen-bond donors (Lipinski definition) is 1. The molecule has 2 aromatic rings. The zero-order valence-corrected chi connectivity index (χ0v) is 11.2. The van der Waals surface area contributed by atoms with Crippen LogP contribution in [0.5, 0.6) is 5.75 Å². The van der Waals surface area contributed by atoms with E-state index in [9.17, 15) is 4.79 Å². The van der Waals surface area contributed by atoms with Gasteiger partial charge in [-0.05, 0) is 41.4 Å². The van der Waals surface area contributed by atoms with Gasteiger partial charge in [0, 0.05) is 5.69 Å². The summed E-state index contributed by atoms with van der Waals surface area (Å²) < 4.78 is 5.09. The summed E-state index contributed by atoms with van der Waals surface area (Å²) in [6.45, 7) is 0. The molecule has 0 aliphatic rings. The first-order valence-electron chi connectivity index (χ1n) is 5.85. The third-order valence-corrected chi connectivity index (χ3v) is 2.98. The molecule has 0 heterocycles. The maximum absolute atomic E-state index is 11.6. The van der Waals surface area contributed by atoms with Crippen LogP contribution in [0.4, 0.5) is 5.69 Å². The third-order valence-electron chi connectivity index (χ3n) is 2.76. The van der Waals surface area contributed by atoms with Gasteiger partial charge >= 0.3 is 0 Å². The summed E-state index contributed by atoms with van der Waals surface area (Å²) in [6.07, 6.45) is 0. The van der Waals surface area contributed by atoms with Gasteiger partial charge in [0.2, 0.25) is 5.24 Å². The summed E-state index contributed by atoms with van der Waals surface area (Å²) in [7, 11) is 1.60. The minimum absolute atomic E-state index is 0.450. The quantitative estimate of drug-likeness (QED) is 0.847. The van der Waals surface area contributed by atoms with Gasteiger partial charge < -0.3 is 10.1 Å². The van der Waals surface area contributed by atoms with E-state index in [-0.39, 0.29) is 0 Å². The van der Waals surface area contributed by atoms with Crippen LogP contribution in [0.3, 0.4) is 0 Å². The number of benzene rings is 2. The molecule has 3 nitrogen and oxygen atoms in total. The molecule has 0 amide bonds. The second-order valence-electron chi connectivity index (χ2n) is 4.02. The van der Waals surface area contributed by atoms with Crippen molar-refractivity contribution < 1.29 is 9.53 Å². The highest BCUT2D eigenvalue weighted by molar-refractivity contribution is 6.64. The van der Waals surface area contributed by atoms with E-state index in [0.717, 1.165) is 17.0 Å². The normalized spacial score (nSPS) is 11.7. The molecule has 98 valence electrons. The van der Waals surface area contributed by atoms with Gasteiger partial charge in [0.1, 0.15) is 11.8 Å². The van der Waals surface area contributed by atoms with Crippen molar-refractivity contribution in [2.24, 2.45) is 0 Å². The van der Waals surface area contributed by atoms with Crippen LogP contribution in [0.25, 0.3) is 0 Å². The standard InChI is InChI=1S/C15H14ClNO2/c1-19-13-9-7-11(8-10-13)14(15(16)18)17-12-5-3-2-4-6-12/h2-10,14,17H,1H3. The van der Waals surface area contributed by atoms with Crippen LogP contribution in [0, 0.1) is 0 Å². The number of halogens is 1. The molecule has 19 heavy (non-hydrogen) atoms. The topological polar surface area (TPSA) is 38.3 Å². The minimum atomic E-state index is -0.574. The number of rotatable bonds is 5. The van der Waals surface area contributed by atoms with Crippen LogP contribution in [0.15, 0.2) is 54.6 Å². The first-order chi connectivity index (χ1) is 9.20. The van der Waals surface area contributed by atoms with E-state index >= 15 is 0 Å². The highest BCUT2D eigenvalue weighted by Gasteiger charge is 2.18. The lowest BCUT2D eigenvalue weighted by Gasteiger charge is -2.16. The number of para-hydroxylation sites is 1. The highest BCUT2D eigenvalue weighted by Crippen LogP contribution is 2.23. The lowest BCUT2D eigenvalue weighted by Crippen LogP contribution is -2.16. The zero-order valence-electron chi connectivity index (χ0n) is 10.5. The summed E-state index contributed by atoms with van der Waals surface area (Å²) in [6, 6.07) is 16.1. The van der Waals surface area contributed by atoms with Crippen molar-refractivity contribution in [3.05, 3.63) is 60.2 Å². The van der Waals surface area contributed by atoms with Gasteiger partial charge in [-0.2, -0.15) is 0 Å². The van der Waals surface area contributed by atoms with E-state index in [1.54, 1.807) is 19.2 Å². The van der Waals surface area contributed by atoms with Crippen molar-refractivity contribution in [3.63, 3.8) is 0 Å². The summed E-state index contributed by atoms with van der Waals surface area (Å²) in [5.41, 5.74) is 1.64. The Bertz CT molecular complexity index is 540. The number of carbonyl (C=O) groups is 1. The molecule has 0 saturated heterocycles. The van der Waals surface area contributed by atoms with E-state index in [4.69, 9.17) is 16.3 Å². The fraction of sp³-hybridized carbons (Fsp3) is 0.133. The first kappa shape index (κ1) is 13.4. The summed E-state index contributed by atoms with van der Waals surface area (Å²) in [4.78, 5) is 11.6. The van der Waals surface area contributed by atoms with Gasteiger partial charge in [-0.25, -0.2) is 0 Å². The Morgan fingerprint density at radius 1 is 1.11 bits per heavy atom. The molecule has 0 aliphatic heterocycles. The maximum Gasteiger partial charge on any atom is 0.248 e. The van der Waals surface area contributed by atoms with Gasteiger partial charge in [0.25, 0.3) is 0 Å². The predicted octanol–water partition coefficient (Wildman–Crippen LogP) is 3.61. The molecule has 0 radical (unpaired) electrons. The Hall–Kier alpha value is -2.00. The fourth-order valence-electron chi connectivity index (χ4n) is 1.77. The summed E-state index contributed by atoms with van der Waals surface area (Å²) in [5, 5.41) is 2.66. The molecule has 0 bridgehead atoms. The summed E-state index contributed by atoms with van der Waals surface area (Å²) in [5.74, 6) is 0.740. The molecule has 0 saturated carbocycles. The molecular formula is C15H14ClNO2. The van der Waals surface area contributed by atoms with Crippen molar-refractivity contribution >= 4 is 22.5 Å². The van der Waals surface area contributed by atoms with Crippen molar-refractivity contribution in [1.29, 1.82) is 0 Å². The number of hydrogen-bond acceptors (Lipinski definition) is 3. The maximum atomic E-state index is 11.6. The van der Waals surface area contributed by atoms with Crippen LogP contribution in [-0.2, 0) is 4.79 Å². The van der Waals surface area contributed by atoms with Gasteiger partial charge in [-0.1, -0.05) is 30.3 Å². The molecule has 0 aromatic heterocycles. The van der Waals surface area contributed by atoms with Gasteiger partial charge in [0.05, 0.1) is 7.11 Å². The third kappa shape index (κ3) is 3.48. The molecule has 1 N–H and O–H groups in total. The van der Waals surface area contributed by atoms with Crippen molar-refractivity contribution in [2.45, 2.75) is 6.04 Å². The van der Waals surface area contributed by atoms with Crippen LogP contribution in [0.2, 0.25) is 0 Å². The Morgan fingerprint density at radius 3 is 2.26 bits per heavy atom. The van der Waals surface area contributed by atoms with Gasteiger partial charge in [0.15, 0.2) is 0 Å². The molecule has 2 rings (SSSR count). The van der Waals surface area contributed by atoms with Crippen LogP contribution < -0.4 is 10.1 Å². The number of nitrogens with one attached hydrogen (secondary N) is 1. The van der Waals surface area contributed by atoms with E-state index in [0.29, 0.717) is 0 Å². The SMILES string of the molecule is COc1ccc(C(Nc2ccccc2)C(=O)Cl)cc1. The monoisotopic (exact) mass is 275 g/mol. The molecular weight excluding hydrogens is 262 g/mol. The number of anilines is 1. The molecule has 1 atom stereocenters. The highest BCUT2D eigenvalue weighted by atomic mass is 35.5. The molecule has 1 unspecified atom stereocenters. The van der Waals surface area contributed by atoms with E-state index in [1.807, 2.05) is 42.5 Å². The van der Waals surface area contributed by atoms with Crippen molar-refractivity contribution in [2.75, 3.05) is 12.4 Å². The molecule has 0 aliphatic carbocycles. The van der Waals surface area contributed by atoms with E-state index < -0.39 is 11.3 Å². The smallest absolute Gasteiger partial charge is 0.248 e. The Morgan fingerprint density at radius 2 is 1.74 bits per heavy atom. The predicted molar refractivity (Wildman–Crippen MR) is 76.7 cm³/mol. The van der Waals surface area contributed by atoms with Crippen LogP contribution >= 0.6 is 11.6 Å². The van der Waals surface area contributed by atoms with E-state index in [2.05, 4.69) is 5.32 Å². The zero-order chi connectivity index (χ0) is 13.7. The van der Waals surface area contributed by atoms with Crippen molar-refractivity contribution in [3.8, 4) is 5.75 Å². The Balaban J connectivity index is 2.22. The van der Waals surface area contributed by atoms with E-state index in [1.165, 1.54) is 0 Å². The van der Waals surface area contributed by atoms with Crippen LogP contribution in [-0.4, -0.2) is 12.4 Å².